The number of hydrogen-bond donors (Lipinski definition) is 2. The maximum atomic E-state index is 11.7. The molecule has 0 aliphatic carbocycles. The van der Waals surface area contributed by atoms with Crippen LogP contribution < -0.4 is 10.6 Å². The topological polar surface area (TPSA) is 93.4 Å². The quantitative estimate of drug-likeness (QED) is 0.144. The molecule has 0 amide bonds. The Hall–Kier alpha value is -1.39. The SMILES string of the molecule is CCNC(=NCCCCCCC(=O)OC(C)(C)C)NCCn1cnnc1CC.I. The molecule has 0 saturated carbocycles. The van der Waals surface area contributed by atoms with Gasteiger partial charge in [-0.1, -0.05) is 19.8 Å². The minimum absolute atomic E-state index is 0. The van der Waals surface area contributed by atoms with Crippen LogP contribution in [0.1, 0.15) is 72.5 Å². The number of ether oxygens (including phenoxy) is 1. The van der Waals surface area contributed by atoms with Gasteiger partial charge in [-0.05, 0) is 40.5 Å². The number of nitrogens with one attached hydrogen (secondary N) is 2. The molecule has 0 bridgehead atoms. The number of carbonyl (C=O) groups is 1. The van der Waals surface area contributed by atoms with Crippen molar-refractivity contribution in [2.45, 2.75) is 85.3 Å². The van der Waals surface area contributed by atoms with Gasteiger partial charge in [0.25, 0.3) is 0 Å². The lowest BCUT2D eigenvalue weighted by Gasteiger charge is -2.19. The van der Waals surface area contributed by atoms with Crippen LogP contribution in [0.2, 0.25) is 0 Å². The third kappa shape index (κ3) is 13.5. The molecule has 0 aliphatic rings. The van der Waals surface area contributed by atoms with Crippen molar-refractivity contribution in [3.63, 3.8) is 0 Å². The standard InChI is InChI=1S/C20H38N6O2.HI/c1-6-17-25-24-16-26(17)15-14-23-19(21-7-2)22-13-11-9-8-10-12-18(27)28-20(3,4)5;/h16H,6-15H2,1-5H3,(H2,21,22,23);1H. The molecule has 0 radical (unpaired) electrons. The van der Waals surface area contributed by atoms with Crippen LogP contribution in [0.25, 0.3) is 0 Å². The first-order valence-electron chi connectivity index (χ1n) is 10.5. The Balaban J connectivity index is 0.00000784. The summed E-state index contributed by atoms with van der Waals surface area (Å²) in [6, 6.07) is 0. The summed E-state index contributed by atoms with van der Waals surface area (Å²) in [7, 11) is 0. The Morgan fingerprint density at radius 3 is 2.55 bits per heavy atom. The van der Waals surface area contributed by atoms with E-state index >= 15 is 0 Å². The van der Waals surface area contributed by atoms with Crippen LogP contribution in [-0.2, 0) is 22.5 Å². The van der Waals surface area contributed by atoms with E-state index in [0.29, 0.717) is 6.42 Å². The van der Waals surface area contributed by atoms with E-state index in [1.807, 2.05) is 20.8 Å². The molecule has 1 aromatic rings. The molecule has 1 rings (SSSR count). The first kappa shape index (κ1) is 27.6. The highest BCUT2D eigenvalue weighted by Crippen LogP contribution is 2.11. The molecule has 0 atom stereocenters. The average molecular weight is 522 g/mol. The highest BCUT2D eigenvalue weighted by Gasteiger charge is 2.15. The summed E-state index contributed by atoms with van der Waals surface area (Å²) in [4.78, 5) is 16.3. The lowest BCUT2D eigenvalue weighted by molar-refractivity contribution is -0.154. The van der Waals surface area contributed by atoms with E-state index in [-0.39, 0.29) is 29.9 Å². The van der Waals surface area contributed by atoms with Gasteiger partial charge in [-0.2, -0.15) is 0 Å². The van der Waals surface area contributed by atoms with Crippen molar-refractivity contribution in [3.05, 3.63) is 12.2 Å². The highest BCUT2D eigenvalue weighted by atomic mass is 127. The van der Waals surface area contributed by atoms with Gasteiger partial charge in [0.15, 0.2) is 5.96 Å². The fourth-order valence-corrected chi connectivity index (χ4v) is 2.69. The van der Waals surface area contributed by atoms with E-state index in [1.165, 1.54) is 0 Å². The van der Waals surface area contributed by atoms with E-state index in [2.05, 4.69) is 44.2 Å². The first-order chi connectivity index (χ1) is 13.4. The molecule has 0 spiro atoms. The number of esters is 1. The zero-order chi connectivity index (χ0) is 20.8. The first-order valence-corrected chi connectivity index (χ1v) is 10.5. The van der Waals surface area contributed by atoms with Gasteiger partial charge < -0.3 is 19.9 Å². The molecule has 0 aliphatic heterocycles. The monoisotopic (exact) mass is 522 g/mol. The minimum Gasteiger partial charge on any atom is -0.460 e. The molecule has 29 heavy (non-hydrogen) atoms. The number of aryl methyl sites for hydroxylation is 1. The third-order valence-electron chi connectivity index (χ3n) is 3.98. The Labute approximate surface area is 192 Å². The number of hydrogen-bond acceptors (Lipinski definition) is 5. The van der Waals surface area contributed by atoms with Crippen LogP contribution in [0.4, 0.5) is 0 Å². The van der Waals surface area contributed by atoms with E-state index in [1.54, 1.807) is 6.33 Å². The van der Waals surface area contributed by atoms with Gasteiger partial charge in [0.1, 0.15) is 17.8 Å². The third-order valence-corrected chi connectivity index (χ3v) is 3.98. The van der Waals surface area contributed by atoms with Crippen LogP contribution in [0.3, 0.4) is 0 Å². The summed E-state index contributed by atoms with van der Waals surface area (Å²) in [6.07, 6.45) is 7.10. The molecule has 1 aromatic heterocycles. The summed E-state index contributed by atoms with van der Waals surface area (Å²) in [5.41, 5.74) is -0.395. The van der Waals surface area contributed by atoms with E-state index < -0.39 is 5.60 Å². The number of unbranched alkanes of at least 4 members (excludes halogenated alkanes) is 3. The van der Waals surface area contributed by atoms with Crippen LogP contribution >= 0.6 is 24.0 Å². The summed E-state index contributed by atoms with van der Waals surface area (Å²) in [6.45, 7) is 13.0. The largest absolute Gasteiger partial charge is 0.460 e. The molecule has 168 valence electrons. The van der Waals surface area contributed by atoms with Crippen molar-refractivity contribution >= 4 is 35.9 Å². The molecule has 1 heterocycles. The van der Waals surface area contributed by atoms with E-state index in [9.17, 15) is 4.79 Å². The Morgan fingerprint density at radius 2 is 1.90 bits per heavy atom. The number of guanidine groups is 1. The predicted molar refractivity (Wildman–Crippen MR) is 128 cm³/mol. The molecule has 0 aromatic carbocycles. The van der Waals surface area contributed by atoms with Gasteiger partial charge in [0.2, 0.25) is 0 Å². The normalized spacial score (nSPS) is 11.7. The molecule has 8 nitrogen and oxygen atoms in total. The maximum Gasteiger partial charge on any atom is 0.306 e. The van der Waals surface area contributed by atoms with Gasteiger partial charge in [0.05, 0.1) is 0 Å². The summed E-state index contributed by atoms with van der Waals surface area (Å²) < 4.78 is 7.37. The van der Waals surface area contributed by atoms with Crippen LogP contribution in [-0.4, -0.2) is 51.9 Å². The second-order valence-electron chi connectivity index (χ2n) is 7.73. The number of halogens is 1. The Morgan fingerprint density at radius 1 is 1.17 bits per heavy atom. The van der Waals surface area contributed by atoms with Crippen LogP contribution in [0.5, 0.6) is 0 Å². The molecule has 0 saturated heterocycles. The van der Waals surface area contributed by atoms with Crippen molar-refractivity contribution in [2.75, 3.05) is 19.6 Å². The zero-order valence-electron chi connectivity index (χ0n) is 18.7. The molecule has 2 N–H and O–H groups in total. The zero-order valence-corrected chi connectivity index (χ0v) is 21.0. The number of carbonyl (C=O) groups excluding carboxylic acids is 1. The smallest absolute Gasteiger partial charge is 0.306 e. The molecule has 0 unspecified atom stereocenters. The van der Waals surface area contributed by atoms with Gasteiger partial charge in [-0.15, -0.1) is 34.2 Å². The maximum absolute atomic E-state index is 11.7. The number of nitrogens with zero attached hydrogens (tertiary/aromatic N) is 4. The number of rotatable bonds is 12. The highest BCUT2D eigenvalue weighted by molar-refractivity contribution is 14.0. The van der Waals surface area contributed by atoms with Crippen molar-refractivity contribution in [1.29, 1.82) is 0 Å². The molecular formula is C20H39IN6O2. The second-order valence-corrected chi connectivity index (χ2v) is 7.73. The van der Waals surface area contributed by atoms with Crippen molar-refractivity contribution in [2.24, 2.45) is 4.99 Å². The predicted octanol–water partition coefficient (Wildman–Crippen LogP) is 3.31. The summed E-state index contributed by atoms with van der Waals surface area (Å²) in [5.74, 6) is 1.72. The van der Waals surface area contributed by atoms with E-state index in [4.69, 9.17) is 4.74 Å². The lowest BCUT2D eigenvalue weighted by atomic mass is 10.1. The van der Waals surface area contributed by atoms with Crippen molar-refractivity contribution < 1.29 is 9.53 Å². The van der Waals surface area contributed by atoms with E-state index in [0.717, 1.165) is 70.1 Å². The summed E-state index contributed by atoms with van der Waals surface area (Å²) in [5, 5.41) is 14.7. The Bertz CT molecular complexity index is 598. The molecular weight excluding hydrogens is 483 g/mol. The number of aromatic nitrogens is 3. The van der Waals surface area contributed by atoms with Crippen LogP contribution in [0.15, 0.2) is 11.3 Å². The van der Waals surface area contributed by atoms with Crippen molar-refractivity contribution in [3.8, 4) is 0 Å². The fraction of sp³-hybridized carbons (Fsp3) is 0.800. The minimum atomic E-state index is -0.395. The van der Waals surface area contributed by atoms with Gasteiger partial charge in [0, 0.05) is 39.0 Å². The fourth-order valence-electron chi connectivity index (χ4n) is 2.69. The lowest BCUT2D eigenvalue weighted by Crippen LogP contribution is -2.39. The van der Waals surface area contributed by atoms with Crippen LogP contribution in [0, 0.1) is 0 Å². The molecule has 0 fully saturated rings. The summed E-state index contributed by atoms with van der Waals surface area (Å²) >= 11 is 0. The van der Waals surface area contributed by atoms with Gasteiger partial charge in [-0.25, -0.2) is 0 Å². The Kier molecular flexibility index (Phi) is 14.7. The van der Waals surface area contributed by atoms with Crippen molar-refractivity contribution in [1.82, 2.24) is 25.4 Å². The van der Waals surface area contributed by atoms with Gasteiger partial charge >= 0.3 is 5.97 Å². The number of aliphatic imine (C=N–C) groups is 1. The van der Waals surface area contributed by atoms with Gasteiger partial charge in [-0.3, -0.25) is 9.79 Å². The average Bonchev–Trinajstić information content (AvgIpc) is 3.06. The molecule has 9 heteroatoms. The second kappa shape index (κ2) is 15.4.